The third-order valence-corrected chi connectivity index (χ3v) is 3.30. The van der Waals surface area contributed by atoms with E-state index in [0.717, 1.165) is 4.47 Å². The lowest BCUT2D eigenvalue weighted by atomic mass is 10.1. The molecule has 0 radical (unpaired) electrons. The van der Waals surface area contributed by atoms with Crippen LogP contribution in [0.4, 0.5) is 5.69 Å². The van der Waals surface area contributed by atoms with Gasteiger partial charge in [0.1, 0.15) is 5.76 Å². The van der Waals surface area contributed by atoms with E-state index in [2.05, 4.69) is 26.6 Å². The van der Waals surface area contributed by atoms with Gasteiger partial charge in [0.15, 0.2) is 5.11 Å². The predicted octanol–water partition coefficient (Wildman–Crippen LogP) is 3.24. The zero-order valence-electron chi connectivity index (χ0n) is 11.3. The molecule has 0 aliphatic carbocycles. The first kappa shape index (κ1) is 16.2. The first-order valence-corrected chi connectivity index (χ1v) is 7.28. The van der Waals surface area contributed by atoms with E-state index in [1.165, 1.54) is 13.0 Å². The average Bonchev–Trinajstić information content (AvgIpc) is 2.87. The van der Waals surface area contributed by atoms with Gasteiger partial charge in [-0.3, -0.25) is 4.79 Å². The number of aromatic carboxylic acids is 1. The van der Waals surface area contributed by atoms with Gasteiger partial charge in [-0.2, -0.15) is 0 Å². The highest BCUT2D eigenvalue weighted by molar-refractivity contribution is 9.10. The van der Waals surface area contributed by atoms with Crippen LogP contribution in [0.1, 0.15) is 17.5 Å². The molecule has 0 unspecified atom stereocenters. The first-order chi connectivity index (χ1) is 10.4. The van der Waals surface area contributed by atoms with Gasteiger partial charge in [-0.1, -0.05) is 15.9 Å². The van der Waals surface area contributed by atoms with Gasteiger partial charge in [-0.15, -0.1) is 0 Å². The number of amides is 1. The second kappa shape index (κ2) is 6.71. The van der Waals surface area contributed by atoms with Gasteiger partial charge in [-0.25, -0.2) is 4.79 Å². The third-order valence-electron chi connectivity index (χ3n) is 2.60. The molecule has 0 fully saturated rings. The molecule has 0 atom stereocenters. The number of carbonyl (C=O) groups excluding carboxylic acids is 1. The minimum atomic E-state index is -1.15. The summed E-state index contributed by atoms with van der Waals surface area (Å²) in [6.07, 6.45) is 0. The number of furan rings is 1. The van der Waals surface area contributed by atoms with Crippen LogP contribution in [0.2, 0.25) is 0 Å². The van der Waals surface area contributed by atoms with Crippen LogP contribution < -0.4 is 10.6 Å². The number of nitrogens with one attached hydrogen (secondary N) is 2. The maximum absolute atomic E-state index is 11.0. The number of carbonyl (C=O) groups is 2. The molecule has 3 N–H and O–H groups in total. The minimum Gasteiger partial charge on any atom is -0.475 e. The molecule has 1 heterocycles. The first-order valence-electron chi connectivity index (χ1n) is 6.08. The van der Waals surface area contributed by atoms with Crippen LogP contribution in [-0.4, -0.2) is 22.1 Å². The van der Waals surface area contributed by atoms with Crippen molar-refractivity contribution in [1.82, 2.24) is 5.32 Å². The number of carboxylic acids is 1. The molecule has 6 nitrogen and oxygen atoms in total. The summed E-state index contributed by atoms with van der Waals surface area (Å²) in [6, 6.07) is 8.19. The molecule has 0 bridgehead atoms. The van der Waals surface area contributed by atoms with Gasteiger partial charge in [0.05, 0.1) is 5.69 Å². The average molecular weight is 383 g/mol. The van der Waals surface area contributed by atoms with Crippen molar-refractivity contribution in [3.63, 3.8) is 0 Å². The van der Waals surface area contributed by atoms with Crippen LogP contribution in [0.15, 0.2) is 39.2 Å². The van der Waals surface area contributed by atoms with Crippen LogP contribution in [0, 0.1) is 0 Å². The minimum absolute atomic E-state index is 0.136. The van der Waals surface area contributed by atoms with Crippen molar-refractivity contribution < 1.29 is 19.1 Å². The van der Waals surface area contributed by atoms with Crippen molar-refractivity contribution in [3.05, 3.63) is 40.6 Å². The standard InChI is InChI=1S/C14H11BrN2O4S/c1-7(18)16-14(22)17-10-6-8(15)2-3-9(10)11-4-5-12(21-11)13(19)20/h2-6H,1H3,(H,19,20)(H2,16,17,18,22). The molecule has 0 spiro atoms. The Labute approximate surface area is 139 Å². The zero-order valence-corrected chi connectivity index (χ0v) is 13.7. The van der Waals surface area contributed by atoms with Crippen LogP contribution in [0.3, 0.4) is 0 Å². The summed E-state index contributed by atoms with van der Waals surface area (Å²) in [5.74, 6) is -1.22. The number of hydrogen-bond acceptors (Lipinski definition) is 4. The van der Waals surface area contributed by atoms with E-state index in [1.807, 2.05) is 0 Å². The van der Waals surface area contributed by atoms with E-state index in [1.54, 1.807) is 24.3 Å². The highest BCUT2D eigenvalue weighted by atomic mass is 79.9. The SMILES string of the molecule is CC(=O)NC(=S)Nc1cc(Br)ccc1-c1ccc(C(=O)O)o1. The van der Waals surface area contributed by atoms with E-state index in [4.69, 9.17) is 21.7 Å². The Kier molecular flexibility index (Phi) is 4.94. The summed E-state index contributed by atoms with van der Waals surface area (Å²) in [6.45, 7) is 1.35. The van der Waals surface area contributed by atoms with Crippen LogP contribution in [0.25, 0.3) is 11.3 Å². The van der Waals surface area contributed by atoms with E-state index in [0.29, 0.717) is 17.0 Å². The van der Waals surface area contributed by atoms with Crippen LogP contribution in [0.5, 0.6) is 0 Å². The van der Waals surface area contributed by atoms with E-state index < -0.39 is 5.97 Å². The van der Waals surface area contributed by atoms with Gasteiger partial charge in [0.2, 0.25) is 11.7 Å². The summed E-state index contributed by atoms with van der Waals surface area (Å²) >= 11 is 8.37. The molecule has 8 heteroatoms. The second-order valence-electron chi connectivity index (χ2n) is 4.29. The fraction of sp³-hybridized carbons (Fsp3) is 0.0714. The largest absolute Gasteiger partial charge is 0.475 e. The molecule has 114 valence electrons. The number of thiocarbonyl (C=S) groups is 1. The van der Waals surface area contributed by atoms with Gasteiger partial charge >= 0.3 is 5.97 Å². The normalized spacial score (nSPS) is 10.1. The summed E-state index contributed by atoms with van der Waals surface area (Å²) in [5, 5.41) is 14.4. The van der Waals surface area contributed by atoms with Crippen molar-refractivity contribution in [2.45, 2.75) is 6.92 Å². The molecule has 0 saturated heterocycles. The van der Waals surface area contributed by atoms with Crippen molar-refractivity contribution in [2.24, 2.45) is 0 Å². The summed E-state index contributed by atoms with van der Waals surface area (Å²) in [5.41, 5.74) is 1.18. The molecule has 1 aromatic heterocycles. The summed E-state index contributed by atoms with van der Waals surface area (Å²) < 4.78 is 6.08. The number of anilines is 1. The Morgan fingerprint density at radius 1 is 1.27 bits per heavy atom. The van der Waals surface area contributed by atoms with Gasteiger partial charge in [0, 0.05) is 17.0 Å². The Balaban J connectivity index is 2.36. The van der Waals surface area contributed by atoms with E-state index in [9.17, 15) is 9.59 Å². The molecular weight excluding hydrogens is 372 g/mol. The van der Waals surface area contributed by atoms with E-state index >= 15 is 0 Å². The lowest BCUT2D eigenvalue weighted by molar-refractivity contribution is -0.117. The Bertz CT molecular complexity index is 757. The maximum Gasteiger partial charge on any atom is 0.371 e. The molecule has 1 aromatic carbocycles. The topological polar surface area (TPSA) is 91.6 Å². The molecule has 0 saturated carbocycles. The highest BCUT2D eigenvalue weighted by Gasteiger charge is 2.14. The third kappa shape index (κ3) is 3.92. The molecule has 0 aliphatic rings. The van der Waals surface area contributed by atoms with Crippen molar-refractivity contribution in [3.8, 4) is 11.3 Å². The number of benzene rings is 1. The number of hydrogen-bond donors (Lipinski definition) is 3. The number of rotatable bonds is 3. The fourth-order valence-electron chi connectivity index (χ4n) is 1.75. The Morgan fingerprint density at radius 3 is 2.59 bits per heavy atom. The van der Waals surface area contributed by atoms with Crippen LogP contribution >= 0.6 is 28.1 Å². The number of carboxylic acid groups (broad SMARTS) is 1. The van der Waals surface area contributed by atoms with Crippen LogP contribution in [-0.2, 0) is 4.79 Å². The summed E-state index contributed by atoms with van der Waals surface area (Å²) in [7, 11) is 0. The second-order valence-corrected chi connectivity index (χ2v) is 5.62. The number of halogens is 1. The fourth-order valence-corrected chi connectivity index (χ4v) is 2.36. The highest BCUT2D eigenvalue weighted by Crippen LogP contribution is 2.32. The Morgan fingerprint density at radius 2 is 2.00 bits per heavy atom. The lowest BCUT2D eigenvalue weighted by Gasteiger charge is -2.12. The molecule has 2 aromatic rings. The monoisotopic (exact) mass is 382 g/mol. The zero-order chi connectivity index (χ0) is 16.3. The predicted molar refractivity (Wildman–Crippen MR) is 88.8 cm³/mol. The molecule has 1 amide bonds. The molecular formula is C14H11BrN2O4S. The van der Waals surface area contributed by atoms with Gasteiger partial charge in [-0.05, 0) is 42.5 Å². The van der Waals surface area contributed by atoms with Crippen molar-refractivity contribution in [2.75, 3.05) is 5.32 Å². The molecule has 2 rings (SSSR count). The van der Waals surface area contributed by atoms with Crippen molar-refractivity contribution >= 4 is 50.8 Å². The quantitative estimate of drug-likeness (QED) is 0.705. The maximum atomic E-state index is 11.0. The summed E-state index contributed by atoms with van der Waals surface area (Å²) in [4.78, 5) is 21.9. The lowest BCUT2D eigenvalue weighted by Crippen LogP contribution is -2.32. The smallest absolute Gasteiger partial charge is 0.371 e. The van der Waals surface area contributed by atoms with E-state index in [-0.39, 0.29) is 16.8 Å². The molecule has 22 heavy (non-hydrogen) atoms. The van der Waals surface area contributed by atoms with Gasteiger partial charge < -0.3 is 20.2 Å². The van der Waals surface area contributed by atoms with Gasteiger partial charge in [0.25, 0.3) is 0 Å². The van der Waals surface area contributed by atoms with Crippen molar-refractivity contribution in [1.29, 1.82) is 0 Å². The Hall–Kier alpha value is -2.19. The molecule has 0 aliphatic heterocycles.